The molecule has 1 amide bonds. The number of furan rings is 1. The highest BCUT2D eigenvalue weighted by Gasteiger charge is 2.17. The molecule has 8 nitrogen and oxygen atoms in total. The lowest BCUT2D eigenvalue weighted by Crippen LogP contribution is -2.34. The van der Waals surface area contributed by atoms with E-state index >= 15 is 0 Å². The number of thioether (sulfide) groups is 1. The maximum atomic E-state index is 11.7. The lowest BCUT2D eigenvalue weighted by atomic mass is 10.4. The number of amides is 1. The number of nitrogens with zero attached hydrogens (tertiary/aromatic N) is 3. The normalized spacial score (nSPS) is 10.8. The Morgan fingerprint density at radius 2 is 2.21 bits per heavy atom. The van der Waals surface area contributed by atoms with E-state index < -0.39 is 5.97 Å². The first-order valence-electron chi connectivity index (χ1n) is 7.56. The van der Waals surface area contributed by atoms with Crippen LogP contribution in [0.25, 0.3) is 11.6 Å². The van der Waals surface area contributed by atoms with E-state index in [1.54, 1.807) is 18.4 Å². The lowest BCUT2D eigenvalue weighted by molar-refractivity contribution is -0.146. The number of ether oxygens (including phenoxy) is 1. The van der Waals surface area contributed by atoms with Crippen molar-refractivity contribution in [1.29, 1.82) is 0 Å². The van der Waals surface area contributed by atoms with Gasteiger partial charge in [-0.15, -0.1) is 10.2 Å². The fraction of sp³-hybridized carbons (Fsp3) is 0.467. The lowest BCUT2D eigenvalue weighted by Gasteiger charge is -2.09. The number of carbonyl (C=O) groups is 2. The summed E-state index contributed by atoms with van der Waals surface area (Å²) in [6.45, 7) is 5.98. The zero-order valence-electron chi connectivity index (χ0n) is 13.8. The van der Waals surface area contributed by atoms with E-state index in [0.29, 0.717) is 23.3 Å². The molecule has 0 fully saturated rings. The van der Waals surface area contributed by atoms with Gasteiger partial charge in [0, 0.05) is 12.6 Å². The number of rotatable bonds is 8. The van der Waals surface area contributed by atoms with Gasteiger partial charge in [0.15, 0.2) is 23.3 Å². The molecule has 9 heteroatoms. The molecule has 24 heavy (non-hydrogen) atoms. The summed E-state index contributed by atoms with van der Waals surface area (Å²) in [5, 5.41) is 11.4. The monoisotopic (exact) mass is 352 g/mol. The average Bonchev–Trinajstić information content (AvgIpc) is 3.18. The summed E-state index contributed by atoms with van der Waals surface area (Å²) in [7, 11) is 0. The quantitative estimate of drug-likeness (QED) is 0.570. The number of hydrogen-bond donors (Lipinski definition) is 1. The molecular weight excluding hydrogens is 332 g/mol. The van der Waals surface area contributed by atoms with E-state index in [1.165, 1.54) is 11.8 Å². The van der Waals surface area contributed by atoms with Crippen LogP contribution in [0.1, 0.15) is 20.8 Å². The van der Waals surface area contributed by atoms with Crippen molar-refractivity contribution in [3.63, 3.8) is 0 Å². The van der Waals surface area contributed by atoms with Crippen LogP contribution in [-0.4, -0.2) is 45.0 Å². The Bertz CT molecular complexity index is 682. The van der Waals surface area contributed by atoms with Crippen LogP contribution in [0.3, 0.4) is 0 Å². The Kier molecular flexibility index (Phi) is 6.42. The largest absolute Gasteiger partial charge is 0.461 e. The molecule has 0 aromatic carbocycles. The Balaban J connectivity index is 1.88. The zero-order valence-corrected chi connectivity index (χ0v) is 14.6. The van der Waals surface area contributed by atoms with E-state index in [0.717, 1.165) is 0 Å². The Hall–Kier alpha value is -2.29. The van der Waals surface area contributed by atoms with Gasteiger partial charge >= 0.3 is 5.97 Å². The third kappa shape index (κ3) is 4.85. The molecule has 0 atom stereocenters. The molecule has 0 saturated carbocycles. The van der Waals surface area contributed by atoms with Gasteiger partial charge in [-0.3, -0.25) is 14.2 Å². The number of hydrogen-bond acceptors (Lipinski definition) is 7. The van der Waals surface area contributed by atoms with E-state index in [1.807, 2.05) is 25.3 Å². The van der Waals surface area contributed by atoms with Crippen LogP contribution >= 0.6 is 11.8 Å². The predicted octanol–water partition coefficient (Wildman–Crippen LogP) is 1.72. The summed E-state index contributed by atoms with van der Waals surface area (Å²) in [5.74, 6) is 0.466. The van der Waals surface area contributed by atoms with Crippen LogP contribution in [0.4, 0.5) is 0 Å². The maximum Gasteiger partial charge on any atom is 0.316 e. The summed E-state index contributed by atoms with van der Waals surface area (Å²) in [6, 6.07) is 3.58. The van der Waals surface area contributed by atoms with E-state index in [2.05, 4.69) is 15.5 Å². The minimum Gasteiger partial charge on any atom is -0.461 e. The SMILES string of the molecule is CCn1c(SCC(=O)OCC(=O)NC(C)C)nnc1-c1ccco1. The highest BCUT2D eigenvalue weighted by Crippen LogP contribution is 2.24. The highest BCUT2D eigenvalue weighted by atomic mass is 32.2. The van der Waals surface area contributed by atoms with E-state index in [9.17, 15) is 9.59 Å². The molecule has 0 aliphatic carbocycles. The van der Waals surface area contributed by atoms with Crippen molar-refractivity contribution in [2.75, 3.05) is 12.4 Å². The van der Waals surface area contributed by atoms with E-state index in [-0.39, 0.29) is 24.3 Å². The molecule has 0 radical (unpaired) electrons. The third-order valence-corrected chi connectivity index (χ3v) is 3.85. The van der Waals surface area contributed by atoms with Gasteiger partial charge in [0.25, 0.3) is 5.91 Å². The summed E-state index contributed by atoms with van der Waals surface area (Å²) in [4.78, 5) is 23.2. The van der Waals surface area contributed by atoms with Gasteiger partial charge in [-0.2, -0.15) is 0 Å². The van der Waals surface area contributed by atoms with Crippen molar-refractivity contribution >= 4 is 23.6 Å². The van der Waals surface area contributed by atoms with Crippen LogP contribution in [-0.2, 0) is 20.9 Å². The highest BCUT2D eigenvalue weighted by molar-refractivity contribution is 7.99. The Labute approximate surface area is 144 Å². The number of nitrogens with one attached hydrogen (secondary N) is 1. The van der Waals surface area contributed by atoms with Crippen LogP contribution in [0.5, 0.6) is 0 Å². The molecule has 0 unspecified atom stereocenters. The number of esters is 1. The van der Waals surface area contributed by atoms with Crippen LogP contribution in [0.15, 0.2) is 28.0 Å². The van der Waals surface area contributed by atoms with Crippen molar-refractivity contribution in [3.05, 3.63) is 18.4 Å². The minimum absolute atomic E-state index is 0.00806. The summed E-state index contributed by atoms with van der Waals surface area (Å²) < 4.78 is 12.1. The smallest absolute Gasteiger partial charge is 0.316 e. The summed E-state index contributed by atoms with van der Waals surface area (Å²) in [6.07, 6.45) is 1.57. The zero-order chi connectivity index (χ0) is 17.5. The molecule has 0 aliphatic heterocycles. The standard InChI is InChI=1S/C15H20N4O4S/c1-4-19-14(11-6-5-7-22-11)17-18-15(19)24-9-13(21)23-8-12(20)16-10(2)3/h5-7,10H,4,8-9H2,1-3H3,(H,16,20). The van der Waals surface area contributed by atoms with Crippen LogP contribution in [0, 0.1) is 0 Å². The van der Waals surface area contributed by atoms with Gasteiger partial charge < -0.3 is 14.5 Å². The second-order valence-corrected chi connectivity index (χ2v) is 6.14. The Morgan fingerprint density at radius 3 is 2.83 bits per heavy atom. The molecule has 2 aromatic rings. The first-order chi connectivity index (χ1) is 11.5. The molecule has 2 heterocycles. The predicted molar refractivity (Wildman–Crippen MR) is 88.4 cm³/mol. The van der Waals surface area contributed by atoms with Crippen molar-refractivity contribution in [1.82, 2.24) is 20.1 Å². The van der Waals surface area contributed by atoms with Gasteiger partial charge in [0.2, 0.25) is 0 Å². The van der Waals surface area contributed by atoms with Gasteiger partial charge in [-0.1, -0.05) is 11.8 Å². The summed E-state index contributed by atoms with van der Waals surface area (Å²) >= 11 is 1.20. The first kappa shape index (κ1) is 18.1. The number of aromatic nitrogens is 3. The molecule has 0 spiro atoms. The molecule has 0 aliphatic rings. The fourth-order valence-corrected chi connectivity index (χ4v) is 2.74. The second-order valence-electron chi connectivity index (χ2n) is 5.20. The molecule has 0 bridgehead atoms. The van der Waals surface area contributed by atoms with Crippen molar-refractivity contribution < 1.29 is 18.7 Å². The van der Waals surface area contributed by atoms with Crippen LogP contribution < -0.4 is 5.32 Å². The maximum absolute atomic E-state index is 11.7. The van der Waals surface area contributed by atoms with Gasteiger partial charge in [-0.05, 0) is 32.9 Å². The fourth-order valence-electron chi connectivity index (χ4n) is 1.94. The molecule has 0 saturated heterocycles. The molecule has 1 N–H and O–H groups in total. The molecule has 2 rings (SSSR count). The van der Waals surface area contributed by atoms with Crippen LogP contribution in [0.2, 0.25) is 0 Å². The van der Waals surface area contributed by atoms with Gasteiger partial charge in [-0.25, -0.2) is 0 Å². The van der Waals surface area contributed by atoms with Crippen molar-refractivity contribution in [2.45, 2.75) is 38.5 Å². The third-order valence-electron chi connectivity index (χ3n) is 2.91. The molecule has 130 valence electrons. The van der Waals surface area contributed by atoms with Gasteiger partial charge in [0.05, 0.1) is 12.0 Å². The minimum atomic E-state index is -0.482. The first-order valence-corrected chi connectivity index (χ1v) is 8.54. The average molecular weight is 352 g/mol. The molecule has 2 aromatic heterocycles. The Morgan fingerprint density at radius 1 is 1.42 bits per heavy atom. The van der Waals surface area contributed by atoms with Crippen molar-refractivity contribution in [2.24, 2.45) is 0 Å². The van der Waals surface area contributed by atoms with Crippen molar-refractivity contribution in [3.8, 4) is 11.6 Å². The van der Waals surface area contributed by atoms with E-state index in [4.69, 9.17) is 9.15 Å². The summed E-state index contributed by atoms with van der Waals surface area (Å²) in [5.41, 5.74) is 0. The molecular formula is C15H20N4O4S. The number of carbonyl (C=O) groups excluding carboxylic acids is 2. The van der Waals surface area contributed by atoms with Gasteiger partial charge in [0.1, 0.15) is 0 Å². The second kappa shape index (κ2) is 8.53. The topological polar surface area (TPSA) is 99.2 Å².